The van der Waals surface area contributed by atoms with E-state index in [2.05, 4.69) is 21.8 Å². The maximum Gasteiger partial charge on any atom is 0.119 e. The van der Waals surface area contributed by atoms with E-state index >= 15 is 0 Å². The summed E-state index contributed by atoms with van der Waals surface area (Å²) in [6, 6.07) is 4.12. The average molecular weight is 211 g/mol. The maximum atomic E-state index is 5.01. The van der Waals surface area contributed by atoms with E-state index in [1.807, 2.05) is 6.07 Å². The molecular formula is C9H9NOS2. The quantitative estimate of drug-likeness (QED) is 0.778. The topological polar surface area (TPSA) is 22.1 Å². The van der Waals surface area contributed by atoms with Crippen LogP contribution in [0.2, 0.25) is 0 Å². The van der Waals surface area contributed by atoms with E-state index in [1.54, 1.807) is 29.8 Å². The van der Waals surface area contributed by atoms with Crippen LogP contribution in [-0.2, 0) is 11.3 Å². The number of ether oxygens (including phenoxy) is 1. The predicted octanol–water partition coefficient (Wildman–Crippen LogP) is 3.02. The van der Waals surface area contributed by atoms with E-state index in [0.29, 0.717) is 6.61 Å². The van der Waals surface area contributed by atoms with Gasteiger partial charge in [0.05, 0.1) is 17.2 Å². The van der Waals surface area contributed by atoms with Gasteiger partial charge < -0.3 is 4.74 Å². The molecule has 0 unspecified atom stereocenters. The Morgan fingerprint density at radius 1 is 1.46 bits per heavy atom. The van der Waals surface area contributed by atoms with Crippen molar-refractivity contribution in [3.63, 3.8) is 0 Å². The van der Waals surface area contributed by atoms with Crippen molar-refractivity contribution >= 4 is 22.7 Å². The van der Waals surface area contributed by atoms with Crippen LogP contribution in [0.5, 0.6) is 0 Å². The lowest BCUT2D eigenvalue weighted by atomic mass is 10.4. The number of hydrogen-bond acceptors (Lipinski definition) is 4. The molecule has 0 saturated carbocycles. The zero-order valence-corrected chi connectivity index (χ0v) is 8.82. The number of thiazole rings is 1. The van der Waals surface area contributed by atoms with Gasteiger partial charge in [0.25, 0.3) is 0 Å². The van der Waals surface area contributed by atoms with Crippen molar-refractivity contribution in [2.45, 2.75) is 6.61 Å². The Bertz CT molecular complexity index is 367. The molecule has 0 N–H and O–H groups in total. The van der Waals surface area contributed by atoms with E-state index in [4.69, 9.17) is 4.74 Å². The third-order valence-corrected chi connectivity index (χ3v) is 3.31. The van der Waals surface area contributed by atoms with Crippen molar-refractivity contribution in [2.24, 2.45) is 0 Å². The Balaban J connectivity index is 2.23. The molecule has 0 bridgehead atoms. The Morgan fingerprint density at radius 2 is 2.38 bits per heavy atom. The van der Waals surface area contributed by atoms with E-state index in [9.17, 15) is 0 Å². The molecule has 2 heterocycles. The van der Waals surface area contributed by atoms with Crippen molar-refractivity contribution < 1.29 is 4.74 Å². The molecule has 0 saturated heterocycles. The summed E-state index contributed by atoms with van der Waals surface area (Å²) >= 11 is 3.35. The molecule has 0 aliphatic rings. The number of methoxy groups -OCH3 is 1. The van der Waals surface area contributed by atoms with E-state index < -0.39 is 0 Å². The molecule has 0 atom stereocenters. The number of nitrogens with zero attached hydrogens (tertiary/aromatic N) is 1. The van der Waals surface area contributed by atoms with Crippen molar-refractivity contribution in [2.75, 3.05) is 7.11 Å². The minimum absolute atomic E-state index is 0.607. The van der Waals surface area contributed by atoms with Gasteiger partial charge in [-0.15, -0.1) is 22.7 Å². The van der Waals surface area contributed by atoms with Crippen LogP contribution in [0, 0.1) is 0 Å². The normalized spacial score (nSPS) is 10.5. The fraction of sp³-hybridized carbons (Fsp3) is 0.222. The van der Waals surface area contributed by atoms with E-state index in [1.165, 1.54) is 4.88 Å². The van der Waals surface area contributed by atoms with Crippen LogP contribution in [0.4, 0.5) is 0 Å². The van der Waals surface area contributed by atoms with Crippen molar-refractivity contribution in [3.8, 4) is 10.6 Å². The second-order valence-electron chi connectivity index (χ2n) is 2.54. The summed E-state index contributed by atoms with van der Waals surface area (Å²) in [6.07, 6.45) is 0. The maximum absolute atomic E-state index is 5.01. The lowest BCUT2D eigenvalue weighted by molar-refractivity contribution is 0.184. The summed E-state index contributed by atoms with van der Waals surface area (Å²) in [4.78, 5) is 5.67. The Hall–Kier alpha value is -0.710. The first-order chi connectivity index (χ1) is 6.40. The van der Waals surface area contributed by atoms with Crippen molar-refractivity contribution in [1.29, 1.82) is 0 Å². The molecule has 2 rings (SSSR count). The predicted molar refractivity (Wildman–Crippen MR) is 56.1 cm³/mol. The average Bonchev–Trinajstić information content (AvgIpc) is 2.70. The second-order valence-corrected chi connectivity index (χ2v) is 4.43. The van der Waals surface area contributed by atoms with Gasteiger partial charge in [0.1, 0.15) is 5.01 Å². The van der Waals surface area contributed by atoms with Gasteiger partial charge in [0.2, 0.25) is 0 Å². The van der Waals surface area contributed by atoms with Crippen molar-refractivity contribution in [1.82, 2.24) is 4.98 Å². The summed E-state index contributed by atoms with van der Waals surface area (Å²) in [5.74, 6) is 0. The molecular weight excluding hydrogens is 202 g/mol. The van der Waals surface area contributed by atoms with Crippen LogP contribution >= 0.6 is 22.7 Å². The van der Waals surface area contributed by atoms with Gasteiger partial charge in [-0.1, -0.05) is 6.07 Å². The van der Waals surface area contributed by atoms with Crippen LogP contribution in [-0.4, -0.2) is 12.1 Å². The van der Waals surface area contributed by atoms with Gasteiger partial charge in [-0.2, -0.15) is 0 Å². The van der Waals surface area contributed by atoms with Gasteiger partial charge in [-0.25, -0.2) is 4.98 Å². The zero-order chi connectivity index (χ0) is 9.10. The summed E-state index contributed by atoms with van der Waals surface area (Å²) in [5, 5.41) is 5.16. The molecule has 0 radical (unpaired) electrons. The fourth-order valence-corrected chi connectivity index (χ4v) is 2.56. The van der Waals surface area contributed by atoms with Crippen LogP contribution in [0.25, 0.3) is 10.6 Å². The highest BCUT2D eigenvalue weighted by atomic mass is 32.1. The monoisotopic (exact) mass is 211 g/mol. The van der Waals surface area contributed by atoms with Gasteiger partial charge in [-0.05, 0) is 11.4 Å². The van der Waals surface area contributed by atoms with Crippen LogP contribution in [0.3, 0.4) is 0 Å². The molecule has 13 heavy (non-hydrogen) atoms. The van der Waals surface area contributed by atoms with Gasteiger partial charge in [-0.3, -0.25) is 0 Å². The zero-order valence-electron chi connectivity index (χ0n) is 7.19. The third kappa shape index (κ3) is 1.96. The van der Waals surface area contributed by atoms with E-state index in [0.717, 1.165) is 10.7 Å². The number of hydrogen-bond donors (Lipinski definition) is 0. The first-order valence-corrected chi connectivity index (χ1v) is 5.63. The number of aromatic nitrogens is 1. The molecule has 0 aromatic carbocycles. The number of rotatable bonds is 3. The van der Waals surface area contributed by atoms with Crippen molar-refractivity contribution in [3.05, 3.63) is 27.9 Å². The molecule has 2 aromatic heterocycles. The fourth-order valence-electron chi connectivity index (χ4n) is 1.04. The molecule has 2 aromatic rings. The molecule has 0 amide bonds. The summed E-state index contributed by atoms with van der Waals surface area (Å²) < 4.78 is 5.01. The molecule has 0 aliphatic carbocycles. The summed E-state index contributed by atoms with van der Waals surface area (Å²) in [7, 11) is 1.69. The van der Waals surface area contributed by atoms with Crippen LogP contribution < -0.4 is 0 Å². The molecule has 68 valence electrons. The standard InChI is InChI=1S/C9H9NOS2/c1-11-5-9-10-7(6-13-9)8-3-2-4-12-8/h2-4,6H,5H2,1H3. The lowest BCUT2D eigenvalue weighted by Crippen LogP contribution is -1.84. The molecule has 0 spiro atoms. The van der Waals surface area contributed by atoms with Crippen LogP contribution in [0.15, 0.2) is 22.9 Å². The SMILES string of the molecule is COCc1nc(-c2cccs2)cs1. The highest BCUT2D eigenvalue weighted by Crippen LogP contribution is 2.26. The van der Waals surface area contributed by atoms with Gasteiger partial charge >= 0.3 is 0 Å². The van der Waals surface area contributed by atoms with Crippen LogP contribution in [0.1, 0.15) is 5.01 Å². The molecule has 2 nitrogen and oxygen atoms in total. The van der Waals surface area contributed by atoms with Gasteiger partial charge in [0.15, 0.2) is 0 Å². The second kappa shape index (κ2) is 4.00. The first kappa shape index (κ1) is 8.87. The van der Waals surface area contributed by atoms with E-state index in [-0.39, 0.29) is 0 Å². The molecule has 4 heteroatoms. The first-order valence-electron chi connectivity index (χ1n) is 3.87. The smallest absolute Gasteiger partial charge is 0.119 e. The Labute approximate surface area is 84.8 Å². The summed E-state index contributed by atoms with van der Waals surface area (Å²) in [5.41, 5.74) is 1.06. The number of thiophene rings is 1. The highest BCUT2D eigenvalue weighted by molar-refractivity contribution is 7.14. The minimum Gasteiger partial charge on any atom is -0.378 e. The van der Waals surface area contributed by atoms with Gasteiger partial charge in [0, 0.05) is 12.5 Å². The highest BCUT2D eigenvalue weighted by Gasteiger charge is 2.04. The Kier molecular flexibility index (Phi) is 2.73. The molecule has 0 aliphatic heterocycles. The molecule has 0 fully saturated rings. The minimum atomic E-state index is 0.607. The lowest BCUT2D eigenvalue weighted by Gasteiger charge is -1.90. The Morgan fingerprint density at radius 3 is 3.08 bits per heavy atom. The largest absolute Gasteiger partial charge is 0.378 e. The summed E-state index contributed by atoms with van der Waals surface area (Å²) in [6.45, 7) is 0.607. The third-order valence-electron chi connectivity index (χ3n) is 1.59.